The smallest absolute Gasteiger partial charge is 0.451 e. The van der Waals surface area contributed by atoms with Gasteiger partial charge >= 0.3 is 13.1 Å². The van der Waals surface area contributed by atoms with Gasteiger partial charge in [0.25, 0.3) is 0 Å². The van der Waals surface area contributed by atoms with Gasteiger partial charge in [-0.3, -0.25) is 4.79 Å². The van der Waals surface area contributed by atoms with Gasteiger partial charge in [0, 0.05) is 6.04 Å². The van der Waals surface area contributed by atoms with Crippen LogP contribution in [0.2, 0.25) is 6.32 Å². The molecule has 4 N–H and O–H groups in total. The maximum absolute atomic E-state index is 11.2. The average molecular weight is 229 g/mol. The van der Waals surface area contributed by atoms with Crippen LogP contribution in [-0.2, 0) is 4.79 Å². The van der Waals surface area contributed by atoms with Gasteiger partial charge in [0.1, 0.15) is 0 Å². The summed E-state index contributed by atoms with van der Waals surface area (Å²) in [6, 6.07) is -0.0553. The summed E-state index contributed by atoms with van der Waals surface area (Å²) >= 11 is 0. The van der Waals surface area contributed by atoms with E-state index in [0.717, 1.165) is 6.54 Å². The minimum atomic E-state index is -1.30. The van der Waals surface area contributed by atoms with Crippen molar-refractivity contribution in [2.45, 2.75) is 39.1 Å². The summed E-state index contributed by atoms with van der Waals surface area (Å²) in [5.41, 5.74) is -0.761. The van der Waals surface area contributed by atoms with Crippen molar-refractivity contribution < 1.29 is 19.9 Å². The molecule has 0 aliphatic carbocycles. The molecule has 0 radical (unpaired) electrons. The van der Waals surface area contributed by atoms with Gasteiger partial charge in [0.2, 0.25) is 0 Å². The fourth-order valence-electron chi connectivity index (χ4n) is 2.28. The summed E-state index contributed by atoms with van der Waals surface area (Å²) in [6.45, 7) is 4.37. The second kappa shape index (κ2) is 5.16. The third-order valence-corrected chi connectivity index (χ3v) is 3.70. The molecule has 1 aliphatic heterocycles. The molecule has 6 heteroatoms. The number of piperidine rings is 1. The first kappa shape index (κ1) is 13.5. The highest BCUT2D eigenvalue weighted by Crippen LogP contribution is 2.35. The summed E-state index contributed by atoms with van der Waals surface area (Å²) in [5.74, 6) is -0.596. The predicted octanol–water partition coefficient (Wildman–Crippen LogP) is -0.0618. The number of rotatable bonds is 4. The topological polar surface area (TPSA) is 89.8 Å². The fraction of sp³-hybridized carbons (Fsp3) is 0.900. The quantitative estimate of drug-likeness (QED) is 0.507. The van der Waals surface area contributed by atoms with Crippen molar-refractivity contribution >= 4 is 13.1 Å². The number of aliphatic carboxylic acids is 1. The van der Waals surface area contributed by atoms with Crippen LogP contribution in [0.4, 0.5) is 0 Å². The van der Waals surface area contributed by atoms with E-state index in [1.807, 2.05) is 6.92 Å². The largest absolute Gasteiger partial charge is 0.481 e. The van der Waals surface area contributed by atoms with E-state index in [1.54, 1.807) is 6.92 Å². The predicted molar refractivity (Wildman–Crippen MR) is 60.9 cm³/mol. The first-order chi connectivity index (χ1) is 7.36. The van der Waals surface area contributed by atoms with Crippen molar-refractivity contribution in [3.63, 3.8) is 0 Å². The molecular weight excluding hydrogens is 209 g/mol. The minimum absolute atomic E-state index is 0.0553. The number of carboxylic acid groups (broad SMARTS) is 1. The van der Waals surface area contributed by atoms with E-state index in [9.17, 15) is 9.90 Å². The molecule has 1 saturated heterocycles. The number of hydrogen-bond acceptors (Lipinski definition) is 4. The van der Waals surface area contributed by atoms with E-state index in [4.69, 9.17) is 10.0 Å². The Labute approximate surface area is 96.0 Å². The zero-order valence-electron chi connectivity index (χ0n) is 9.81. The zero-order chi connectivity index (χ0) is 12.3. The third kappa shape index (κ3) is 2.96. The van der Waals surface area contributed by atoms with Gasteiger partial charge < -0.3 is 20.5 Å². The standard InChI is InChI=1S/C10H20BNO4/c1-7-10(2,9(13)14)5-8(6-12-7)3-4-11(15)16/h7-8,12,15-16H,3-6H2,1-2H3,(H,13,14)/t7-,8-,10-/m0/s1. The molecule has 0 amide bonds. The van der Waals surface area contributed by atoms with Crippen LogP contribution in [0.3, 0.4) is 0 Å². The Hall–Kier alpha value is -0.585. The van der Waals surface area contributed by atoms with Gasteiger partial charge in [-0.05, 0) is 39.1 Å². The van der Waals surface area contributed by atoms with Crippen LogP contribution in [0.15, 0.2) is 0 Å². The van der Waals surface area contributed by atoms with Gasteiger partial charge in [0.05, 0.1) is 5.41 Å². The number of carboxylic acids is 1. The first-order valence-electron chi connectivity index (χ1n) is 5.69. The van der Waals surface area contributed by atoms with Crippen LogP contribution in [0.5, 0.6) is 0 Å². The lowest BCUT2D eigenvalue weighted by Gasteiger charge is -2.41. The second-order valence-corrected chi connectivity index (χ2v) is 4.98. The Kier molecular flexibility index (Phi) is 4.35. The van der Waals surface area contributed by atoms with Gasteiger partial charge in [-0.1, -0.05) is 6.42 Å². The molecule has 1 fully saturated rings. The van der Waals surface area contributed by atoms with E-state index >= 15 is 0 Å². The molecule has 1 rings (SSSR count). The van der Waals surface area contributed by atoms with Crippen LogP contribution in [0.1, 0.15) is 26.7 Å². The highest BCUT2D eigenvalue weighted by molar-refractivity contribution is 6.40. The number of hydrogen-bond donors (Lipinski definition) is 4. The summed E-state index contributed by atoms with van der Waals surface area (Å²) in [7, 11) is -1.30. The SMILES string of the molecule is C[C@@H]1NC[C@@H](CCB(O)O)C[C@]1(C)C(=O)O. The van der Waals surface area contributed by atoms with Crippen LogP contribution in [0.25, 0.3) is 0 Å². The zero-order valence-corrected chi connectivity index (χ0v) is 9.81. The average Bonchev–Trinajstić information content (AvgIpc) is 2.19. The molecule has 0 aromatic carbocycles. The van der Waals surface area contributed by atoms with Gasteiger partial charge in [-0.15, -0.1) is 0 Å². The molecule has 92 valence electrons. The molecule has 5 nitrogen and oxygen atoms in total. The van der Waals surface area contributed by atoms with Crippen molar-refractivity contribution in [2.75, 3.05) is 6.54 Å². The van der Waals surface area contributed by atoms with Gasteiger partial charge in [-0.25, -0.2) is 0 Å². The van der Waals surface area contributed by atoms with Crippen molar-refractivity contribution in [3.8, 4) is 0 Å². The molecule has 0 aromatic rings. The van der Waals surface area contributed by atoms with Crippen molar-refractivity contribution in [3.05, 3.63) is 0 Å². The van der Waals surface area contributed by atoms with E-state index in [1.165, 1.54) is 0 Å². The molecule has 0 spiro atoms. The monoisotopic (exact) mass is 229 g/mol. The van der Waals surface area contributed by atoms with E-state index in [0.29, 0.717) is 19.2 Å². The van der Waals surface area contributed by atoms with Crippen LogP contribution < -0.4 is 5.32 Å². The highest BCUT2D eigenvalue weighted by atomic mass is 16.4. The van der Waals surface area contributed by atoms with Gasteiger partial charge in [-0.2, -0.15) is 0 Å². The van der Waals surface area contributed by atoms with E-state index in [-0.39, 0.29) is 12.0 Å². The second-order valence-electron chi connectivity index (χ2n) is 4.98. The number of carbonyl (C=O) groups is 1. The molecular formula is C10H20BNO4. The van der Waals surface area contributed by atoms with E-state index in [2.05, 4.69) is 5.32 Å². The normalized spacial score (nSPS) is 34.8. The Morgan fingerprint density at radius 2 is 2.19 bits per heavy atom. The minimum Gasteiger partial charge on any atom is -0.481 e. The molecule has 0 aromatic heterocycles. The van der Waals surface area contributed by atoms with E-state index < -0.39 is 18.5 Å². The summed E-state index contributed by atoms with van der Waals surface area (Å²) in [5, 5.41) is 30.0. The van der Waals surface area contributed by atoms with Crippen molar-refractivity contribution in [2.24, 2.45) is 11.3 Å². The lowest BCUT2D eigenvalue weighted by Crippen LogP contribution is -2.53. The molecule has 0 unspecified atom stereocenters. The molecule has 0 saturated carbocycles. The maximum atomic E-state index is 11.2. The highest BCUT2D eigenvalue weighted by Gasteiger charge is 2.43. The number of nitrogens with one attached hydrogen (secondary N) is 1. The Morgan fingerprint density at radius 3 is 2.69 bits per heavy atom. The summed E-state index contributed by atoms with van der Waals surface area (Å²) < 4.78 is 0. The van der Waals surface area contributed by atoms with Crippen LogP contribution >= 0.6 is 0 Å². The Morgan fingerprint density at radius 1 is 1.56 bits per heavy atom. The molecule has 3 atom stereocenters. The fourth-order valence-corrected chi connectivity index (χ4v) is 2.28. The molecule has 1 aliphatic rings. The Bertz CT molecular complexity index is 261. The molecule has 0 bridgehead atoms. The van der Waals surface area contributed by atoms with Crippen LogP contribution in [-0.4, -0.2) is 40.8 Å². The van der Waals surface area contributed by atoms with Crippen molar-refractivity contribution in [1.82, 2.24) is 5.32 Å². The first-order valence-corrected chi connectivity index (χ1v) is 5.69. The molecule has 16 heavy (non-hydrogen) atoms. The van der Waals surface area contributed by atoms with Crippen LogP contribution in [0, 0.1) is 11.3 Å². The van der Waals surface area contributed by atoms with Gasteiger partial charge in [0.15, 0.2) is 0 Å². The lowest BCUT2D eigenvalue weighted by atomic mass is 9.69. The molecule has 1 heterocycles. The lowest BCUT2D eigenvalue weighted by molar-refractivity contribution is -0.152. The summed E-state index contributed by atoms with van der Waals surface area (Å²) in [6.07, 6.45) is 1.53. The third-order valence-electron chi connectivity index (χ3n) is 3.70. The van der Waals surface area contributed by atoms with Crippen molar-refractivity contribution in [1.29, 1.82) is 0 Å². The maximum Gasteiger partial charge on any atom is 0.451 e. The summed E-state index contributed by atoms with van der Waals surface area (Å²) in [4.78, 5) is 11.2. The Balaban J connectivity index is 2.57.